The van der Waals surface area contributed by atoms with Crippen LogP contribution in [-0.4, -0.2) is 25.0 Å². The van der Waals surface area contributed by atoms with E-state index in [9.17, 15) is 4.79 Å². The van der Waals surface area contributed by atoms with Crippen LogP contribution in [0.2, 0.25) is 0 Å². The molecule has 1 fully saturated rings. The minimum absolute atomic E-state index is 0. The van der Waals surface area contributed by atoms with E-state index in [0.717, 1.165) is 23.4 Å². The van der Waals surface area contributed by atoms with Crippen LogP contribution in [0.5, 0.6) is 0 Å². The van der Waals surface area contributed by atoms with Gasteiger partial charge in [0, 0.05) is 12.6 Å². The molecule has 2 rings (SSSR count). The van der Waals surface area contributed by atoms with Crippen LogP contribution in [0, 0.1) is 5.41 Å². The number of carbonyl (C=O) groups excluding carboxylic acids is 1. The summed E-state index contributed by atoms with van der Waals surface area (Å²) < 4.78 is 0. The third-order valence-corrected chi connectivity index (χ3v) is 5.09. The molecule has 0 aromatic carbocycles. The second-order valence-electron chi connectivity index (χ2n) is 5.94. The fourth-order valence-electron chi connectivity index (χ4n) is 2.71. The molecule has 2 heterocycles. The van der Waals surface area contributed by atoms with E-state index in [1.165, 1.54) is 24.2 Å². The number of piperidine rings is 1. The Morgan fingerprint density at radius 2 is 2.30 bits per heavy atom. The van der Waals surface area contributed by atoms with Gasteiger partial charge in [0.2, 0.25) is 0 Å². The Labute approximate surface area is 131 Å². The van der Waals surface area contributed by atoms with E-state index in [0.29, 0.717) is 12.6 Å². The Kier molecular flexibility index (Phi) is 6.49. The molecule has 1 saturated heterocycles. The fraction of sp³-hybridized carbons (Fsp3) is 0.667. The Hall–Kier alpha value is -0.580. The van der Waals surface area contributed by atoms with Crippen molar-refractivity contribution in [3.05, 3.63) is 21.9 Å². The maximum atomic E-state index is 12.2. The standard InChI is InChI=1S/C15H24N2OS.ClH/c1-4-11-6-9-19-13(11)14(18)17-10-12-15(2,3)7-5-8-16-12;/h6,9,12,16H,4-5,7-8,10H2,1-3H3,(H,17,18);1H. The van der Waals surface area contributed by atoms with Gasteiger partial charge in [-0.15, -0.1) is 23.7 Å². The minimum Gasteiger partial charge on any atom is -0.350 e. The zero-order valence-corrected chi connectivity index (χ0v) is 14.1. The van der Waals surface area contributed by atoms with Crippen LogP contribution in [0.3, 0.4) is 0 Å². The van der Waals surface area contributed by atoms with Crippen molar-refractivity contribution in [2.45, 2.75) is 46.1 Å². The Balaban J connectivity index is 0.00000200. The average Bonchev–Trinajstić information content (AvgIpc) is 2.85. The van der Waals surface area contributed by atoms with Gasteiger partial charge in [-0.05, 0) is 48.2 Å². The molecule has 0 radical (unpaired) electrons. The summed E-state index contributed by atoms with van der Waals surface area (Å²) in [6, 6.07) is 2.41. The van der Waals surface area contributed by atoms with Crippen molar-refractivity contribution in [1.29, 1.82) is 0 Å². The van der Waals surface area contributed by atoms with Gasteiger partial charge in [0.05, 0.1) is 4.88 Å². The van der Waals surface area contributed by atoms with E-state index in [1.54, 1.807) is 0 Å². The molecule has 20 heavy (non-hydrogen) atoms. The number of hydrogen-bond donors (Lipinski definition) is 2. The maximum absolute atomic E-state index is 12.2. The van der Waals surface area contributed by atoms with Crippen LogP contribution in [0.4, 0.5) is 0 Å². The zero-order chi connectivity index (χ0) is 13.9. The largest absolute Gasteiger partial charge is 0.350 e. The highest BCUT2D eigenvalue weighted by Gasteiger charge is 2.32. The highest BCUT2D eigenvalue weighted by molar-refractivity contribution is 7.12. The third-order valence-electron chi connectivity index (χ3n) is 4.13. The molecule has 1 aromatic heterocycles. The van der Waals surface area contributed by atoms with Crippen LogP contribution >= 0.6 is 23.7 Å². The van der Waals surface area contributed by atoms with Gasteiger partial charge in [-0.1, -0.05) is 20.8 Å². The van der Waals surface area contributed by atoms with Gasteiger partial charge in [0.25, 0.3) is 5.91 Å². The van der Waals surface area contributed by atoms with Gasteiger partial charge in [-0.2, -0.15) is 0 Å². The summed E-state index contributed by atoms with van der Waals surface area (Å²) in [6.07, 6.45) is 3.36. The van der Waals surface area contributed by atoms with Crippen LogP contribution < -0.4 is 10.6 Å². The molecule has 114 valence electrons. The molecule has 0 bridgehead atoms. The van der Waals surface area contributed by atoms with E-state index in [4.69, 9.17) is 0 Å². The Morgan fingerprint density at radius 3 is 2.95 bits per heavy atom. The minimum atomic E-state index is 0. The first-order valence-corrected chi connectivity index (χ1v) is 8.00. The molecule has 1 atom stereocenters. The SMILES string of the molecule is CCc1ccsc1C(=O)NCC1NCCCC1(C)C.Cl. The van der Waals surface area contributed by atoms with Gasteiger partial charge in [-0.25, -0.2) is 0 Å². The average molecular weight is 317 g/mol. The van der Waals surface area contributed by atoms with E-state index < -0.39 is 0 Å². The fourth-order valence-corrected chi connectivity index (χ4v) is 3.62. The lowest BCUT2D eigenvalue weighted by Crippen LogP contribution is -2.52. The van der Waals surface area contributed by atoms with Crippen molar-refractivity contribution in [3.8, 4) is 0 Å². The van der Waals surface area contributed by atoms with Crippen molar-refractivity contribution < 1.29 is 4.79 Å². The molecule has 0 saturated carbocycles. The summed E-state index contributed by atoms with van der Waals surface area (Å²) >= 11 is 1.54. The quantitative estimate of drug-likeness (QED) is 0.895. The van der Waals surface area contributed by atoms with E-state index >= 15 is 0 Å². The molecule has 5 heteroatoms. The maximum Gasteiger partial charge on any atom is 0.261 e. The molecule has 1 amide bonds. The molecule has 2 N–H and O–H groups in total. The van der Waals surface area contributed by atoms with Crippen LogP contribution in [0.15, 0.2) is 11.4 Å². The second kappa shape index (κ2) is 7.43. The highest BCUT2D eigenvalue weighted by atomic mass is 35.5. The van der Waals surface area contributed by atoms with Gasteiger partial charge >= 0.3 is 0 Å². The smallest absolute Gasteiger partial charge is 0.261 e. The molecule has 1 aliphatic heterocycles. The third kappa shape index (κ3) is 3.96. The zero-order valence-electron chi connectivity index (χ0n) is 12.5. The summed E-state index contributed by atoms with van der Waals surface area (Å²) in [5.74, 6) is 0.0787. The molecule has 0 spiro atoms. The lowest BCUT2D eigenvalue weighted by atomic mass is 9.77. The molecule has 1 unspecified atom stereocenters. The number of carbonyl (C=O) groups is 1. The van der Waals surface area contributed by atoms with Gasteiger partial charge in [-0.3, -0.25) is 4.79 Å². The van der Waals surface area contributed by atoms with Crippen molar-refractivity contribution >= 4 is 29.7 Å². The number of amides is 1. The predicted octanol–water partition coefficient (Wildman–Crippen LogP) is 3.24. The number of nitrogens with one attached hydrogen (secondary N) is 2. The summed E-state index contributed by atoms with van der Waals surface area (Å²) in [5, 5.41) is 8.62. The van der Waals surface area contributed by atoms with Crippen molar-refractivity contribution in [2.24, 2.45) is 5.41 Å². The van der Waals surface area contributed by atoms with E-state index in [1.807, 2.05) is 11.4 Å². The lowest BCUT2D eigenvalue weighted by molar-refractivity contribution is 0.0932. The highest BCUT2D eigenvalue weighted by Crippen LogP contribution is 2.29. The normalized spacial score (nSPS) is 21.1. The molecule has 1 aromatic rings. The number of rotatable bonds is 4. The summed E-state index contributed by atoms with van der Waals surface area (Å²) in [7, 11) is 0. The lowest BCUT2D eigenvalue weighted by Gasteiger charge is -2.39. The van der Waals surface area contributed by atoms with Crippen molar-refractivity contribution in [2.75, 3.05) is 13.1 Å². The van der Waals surface area contributed by atoms with E-state index in [-0.39, 0.29) is 23.7 Å². The second-order valence-corrected chi connectivity index (χ2v) is 6.85. The predicted molar refractivity (Wildman–Crippen MR) is 88.1 cm³/mol. The summed E-state index contributed by atoms with van der Waals surface area (Å²) in [4.78, 5) is 13.1. The monoisotopic (exact) mass is 316 g/mol. The first-order chi connectivity index (χ1) is 9.04. The van der Waals surface area contributed by atoms with Crippen molar-refractivity contribution in [1.82, 2.24) is 10.6 Å². The topological polar surface area (TPSA) is 41.1 Å². The van der Waals surface area contributed by atoms with Gasteiger partial charge in [0.15, 0.2) is 0 Å². The first-order valence-electron chi connectivity index (χ1n) is 7.12. The molecular formula is C15H25ClN2OS. The molecule has 1 aliphatic rings. The van der Waals surface area contributed by atoms with Crippen LogP contribution in [-0.2, 0) is 6.42 Å². The van der Waals surface area contributed by atoms with Crippen LogP contribution in [0.25, 0.3) is 0 Å². The number of halogens is 1. The molecule has 3 nitrogen and oxygen atoms in total. The summed E-state index contributed by atoms with van der Waals surface area (Å²) in [6.45, 7) is 8.41. The number of aryl methyl sites for hydroxylation is 1. The number of hydrogen-bond acceptors (Lipinski definition) is 3. The summed E-state index contributed by atoms with van der Waals surface area (Å²) in [5.41, 5.74) is 1.41. The molecular weight excluding hydrogens is 292 g/mol. The number of thiophene rings is 1. The van der Waals surface area contributed by atoms with Gasteiger partial charge < -0.3 is 10.6 Å². The molecule has 0 aliphatic carbocycles. The first kappa shape index (κ1) is 17.5. The van der Waals surface area contributed by atoms with Crippen molar-refractivity contribution in [3.63, 3.8) is 0 Å². The Morgan fingerprint density at radius 1 is 1.55 bits per heavy atom. The Bertz CT molecular complexity index is 445. The van der Waals surface area contributed by atoms with Crippen LogP contribution in [0.1, 0.15) is 48.8 Å². The van der Waals surface area contributed by atoms with Gasteiger partial charge in [0.1, 0.15) is 0 Å². The van der Waals surface area contributed by atoms with E-state index in [2.05, 4.69) is 31.4 Å².